The fourth-order valence-electron chi connectivity index (χ4n) is 4.18. The first-order chi connectivity index (χ1) is 10.4. The van der Waals surface area contributed by atoms with Gasteiger partial charge in [-0.25, -0.2) is 0 Å². The zero-order chi connectivity index (χ0) is 14.5. The number of hydrogen-bond donors (Lipinski definition) is 1. The quantitative estimate of drug-likeness (QED) is 0.851. The minimum Gasteiger partial charge on any atom is -0.314 e. The first kappa shape index (κ1) is 15.1. The largest absolute Gasteiger partial charge is 0.314 e. The minimum atomic E-state index is 0.745. The maximum Gasteiger partial charge on any atom is 0.0236 e. The third-order valence-electron chi connectivity index (χ3n) is 5.33. The first-order valence-corrected chi connectivity index (χ1v) is 8.89. The molecule has 1 aromatic rings. The van der Waals surface area contributed by atoms with E-state index in [0.29, 0.717) is 0 Å². The monoisotopic (exact) mass is 286 g/mol. The summed E-state index contributed by atoms with van der Waals surface area (Å²) in [6, 6.07) is 9.74. The molecule has 0 spiro atoms. The molecule has 116 valence electrons. The molecule has 0 saturated heterocycles. The number of fused-ring (bicyclic) bond motifs is 1. The van der Waals surface area contributed by atoms with Gasteiger partial charge in [-0.1, -0.05) is 50.5 Å². The van der Waals surface area contributed by atoms with Crippen molar-refractivity contribution in [1.29, 1.82) is 0 Å². The van der Waals surface area contributed by atoms with Crippen molar-refractivity contribution < 1.29 is 0 Å². The van der Waals surface area contributed by atoms with Gasteiger partial charge < -0.3 is 5.32 Å². The Morgan fingerprint density at radius 1 is 1.10 bits per heavy atom. The van der Waals surface area contributed by atoms with Crippen LogP contribution >= 0.6 is 0 Å². The van der Waals surface area contributed by atoms with E-state index in [9.17, 15) is 0 Å². The van der Waals surface area contributed by atoms with E-state index in [0.717, 1.165) is 25.0 Å². The van der Waals surface area contributed by atoms with Crippen molar-refractivity contribution in [3.05, 3.63) is 35.4 Å². The highest BCUT2D eigenvalue weighted by atomic mass is 15.1. The lowest BCUT2D eigenvalue weighted by atomic mass is 9.92. The summed E-state index contributed by atoms with van der Waals surface area (Å²) in [6.07, 6.45) is 8.29. The molecule has 3 rings (SSSR count). The fourth-order valence-corrected chi connectivity index (χ4v) is 4.18. The average Bonchev–Trinajstić information content (AvgIpc) is 2.73. The molecule has 2 nitrogen and oxygen atoms in total. The van der Waals surface area contributed by atoms with Crippen LogP contribution in [0, 0.1) is 5.92 Å². The highest BCUT2D eigenvalue weighted by Gasteiger charge is 2.26. The molecule has 1 saturated carbocycles. The summed E-state index contributed by atoms with van der Waals surface area (Å²) >= 11 is 0. The molecule has 2 atom stereocenters. The number of nitrogens with one attached hydrogen (secondary N) is 1. The van der Waals surface area contributed by atoms with Gasteiger partial charge in [0.15, 0.2) is 0 Å². The van der Waals surface area contributed by atoms with Gasteiger partial charge in [-0.2, -0.15) is 0 Å². The molecule has 0 amide bonds. The Morgan fingerprint density at radius 3 is 2.76 bits per heavy atom. The molecule has 0 radical (unpaired) electrons. The fraction of sp³-hybridized carbons (Fsp3) is 0.684. The van der Waals surface area contributed by atoms with Crippen LogP contribution in [0.2, 0.25) is 0 Å². The Morgan fingerprint density at radius 2 is 1.90 bits per heavy atom. The topological polar surface area (TPSA) is 15.3 Å². The molecule has 21 heavy (non-hydrogen) atoms. The molecule has 1 fully saturated rings. The van der Waals surface area contributed by atoms with Crippen molar-refractivity contribution in [2.45, 2.75) is 58.0 Å². The maximum absolute atomic E-state index is 3.76. The van der Waals surface area contributed by atoms with Crippen LogP contribution in [0.5, 0.6) is 0 Å². The molecule has 2 unspecified atom stereocenters. The second kappa shape index (κ2) is 7.42. The first-order valence-electron chi connectivity index (χ1n) is 8.89. The van der Waals surface area contributed by atoms with Gasteiger partial charge >= 0.3 is 0 Å². The highest BCUT2D eigenvalue weighted by molar-refractivity contribution is 5.29. The number of rotatable bonds is 4. The van der Waals surface area contributed by atoms with Gasteiger partial charge in [0.2, 0.25) is 0 Å². The molecule has 0 aromatic heterocycles. The van der Waals surface area contributed by atoms with Gasteiger partial charge in [0.1, 0.15) is 0 Å². The van der Waals surface area contributed by atoms with Crippen molar-refractivity contribution in [1.82, 2.24) is 10.2 Å². The third kappa shape index (κ3) is 3.87. The molecular formula is C19H30N2. The summed E-state index contributed by atoms with van der Waals surface area (Å²) in [5.41, 5.74) is 3.12. The molecule has 1 heterocycles. The smallest absolute Gasteiger partial charge is 0.0236 e. The standard InChI is InChI=1S/C19H30N2/c1-2-20-19-11-5-3-4-10-18(19)15-21-13-12-16-8-6-7-9-17(16)14-21/h6-9,18-20H,2-5,10-15H2,1H3. The predicted octanol–water partition coefficient (Wildman–Crippen LogP) is 3.60. The summed E-state index contributed by atoms with van der Waals surface area (Å²) in [7, 11) is 0. The van der Waals surface area contributed by atoms with Crippen LogP contribution in [-0.4, -0.2) is 30.6 Å². The van der Waals surface area contributed by atoms with Gasteiger partial charge in [-0.15, -0.1) is 0 Å². The lowest BCUT2D eigenvalue weighted by molar-refractivity contribution is 0.181. The van der Waals surface area contributed by atoms with E-state index in [4.69, 9.17) is 0 Å². The Labute approximate surface area is 129 Å². The molecular weight excluding hydrogens is 256 g/mol. The Balaban J connectivity index is 1.62. The average molecular weight is 286 g/mol. The van der Waals surface area contributed by atoms with Crippen LogP contribution in [0.3, 0.4) is 0 Å². The maximum atomic E-state index is 3.76. The normalized spacial score (nSPS) is 27.1. The van der Waals surface area contributed by atoms with Crippen LogP contribution in [0.1, 0.15) is 50.2 Å². The van der Waals surface area contributed by atoms with Crippen LogP contribution in [0.25, 0.3) is 0 Å². The summed E-state index contributed by atoms with van der Waals surface area (Å²) in [5, 5.41) is 3.76. The van der Waals surface area contributed by atoms with Crippen molar-refractivity contribution >= 4 is 0 Å². The van der Waals surface area contributed by atoms with E-state index < -0.39 is 0 Å². The second-order valence-electron chi connectivity index (χ2n) is 6.82. The number of hydrogen-bond acceptors (Lipinski definition) is 2. The van der Waals surface area contributed by atoms with Crippen LogP contribution < -0.4 is 5.32 Å². The molecule has 2 heteroatoms. The highest BCUT2D eigenvalue weighted by Crippen LogP contribution is 2.26. The Bertz CT molecular complexity index is 443. The zero-order valence-corrected chi connectivity index (χ0v) is 13.5. The lowest BCUT2D eigenvalue weighted by Crippen LogP contribution is -2.43. The second-order valence-corrected chi connectivity index (χ2v) is 6.82. The van der Waals surface area contributed by atoms with Gasteiger partial charge in [0.05, 0.1) is 0 Å². The van der Waals surface area contributed by atoms with Crippen molar-refractivity contribution in [3.63, 3.8) is 0 Å². The van der Waals surface area contributed by atoms with E-state index in [1.807, 2.05) is 0 Å². The Kier molecular flexibility index (Phi) is 5.32. The molecule has 1 N–H and O–H groups in total. The molecule has 1 aliphatic heterocycles. The lowest BCUT2D eigenvalue weighted by Gasteiger charge is -2.34. The third-order valence-corrected chi connectivity index (χ3v) is 5.33. The molecule has 2 aliphatic rings. The van der Waals surface area contributed by atoms with Crippen molar-refractivity contribution in [2.75, 3.05) is 19.6 Å². The van der Waals surface area contributed by atoms with E-state index in [1.54, 1.807) is 11.1 Å². The van der Waals surface area contributed by atoms with E-state index in [-0.39, 0.29) is 0 Å². The van der Waals surface area contributed by atoms with Gasteiger partial charge in [0, 0.05) is 25.7 Å². The van der Waals surface area contributed by atoms with E-state index >= 15 is 0 Å². The number of benzene rings is 1. The van der Waals surface area contributed by atoms with Crippen LogP contribution in [0.4, 0.5) is 0 Å². The van der Waals surface area contributed by atoms with E-state index in [2.05, 4.69) is 41.4 Å². The van der Waals surface area contributed by atoms with Gasteiger partial charge in [-0.3, -0.25) is 4.90 Å². The summed E-state index contributed by atoms with van der Waals surface area (Å²) in [6.45, 7) is 7.05. The summed E-state index contributed by atoms with van der Waals surface area (Å²) in [4.78, 5) is 2.70. The molecule has 0 bridgehead atoms. The number of nitrogens with zero attached hydrogens (tertiary/aromatic N) is 1. The summed E-state index contributed by atoms with van der Waals surface area (Å²) in [5.74, 6) is 0.845. The van der Waals surface area contributed by atoms with E-state index in [1.165, 1.54) is 51.6 Å². The Hall–Kier alpha value is -0.860. The van der Waals surface area contributed by atoms with Crippen molar-refractivity contribution in [2.24, 2.45) is 5.92 Å². The van der Waals surface area contributed by atoms with Crippen LogP contribution in [0.15, 0.2) is 24.3 Å². The van der Waals surface area contributed by atoms with Gasteiger partial charge in [0.25, 0.3) is 0 Å². The predicted molar refractivity (Wildman–Crippen MR) is 89.5 cm³/mol. The zero-order valence-electron chi connectivity index (χ0n) is 13.5. The molecule has 1 aliphatic carbocycles. The minimum absolute atomic E-state index is 0.745. The SMILES string of the molecule is CCNC1CCCCCC1CN1CCc2ccccc2C1. The summed E-state index contributed by atoms with van der Waals surface area (Å²) < 4.78 is 0. The van der Waals surface area contributed by atoms with Crippen molar-refractivity contribution in [3.8, 4) is 0 Å². The molecule has 1 aromatic carbocycles. The van der Waals surface area contributed by atoms with Crippen LogP contribution in [-0.2, 0) is 13.0 Å². The van der Waals surface area contributed by atoms with Gasteiger partial charge in [-0.05, 0) is 42.9 Å².